The molecule has 26 heavy (non-hydrogen) atoms. The van der Waals surface area contributed by atoms with Crippen molar-refractivity contribution in [2.75, 3.05) is 5.48 Å². The number of hydrogen-bond acceptors (Lipinski definition) is 7. The van der Waals surface area contributed by atoms with Gasteiger partial charge in [0.25, 0.3) is 11.4 Å². The van der Waals surface area contributed by atoms with Gasteiger partial charge in [0.1, 0.15) is 10.7 Å². The minimum absolute atomic E-state index is 0.112. The third kappa shape index (κ3) is 4.25. The Balaban J connectivity index is 2.28. The van der Waals surface area contributed by atoms with Crippen molar-refractivity contribution in [1.29, 1.82) is 0 Å². The van der Waals surface area contributed by atoms with E-state index in [-0.39, 0.29) is 32.0 Å². The summed E-state index contributed by atoms with van der Waals surface area (Å²) in [5.74, 6) is -1.12. The SMILES string of the molecule is O=C(ONc1c(Cl)cc([N+](=O)[O-])cc1Cl)c1cc(Cl)cc([N+](=O)[O-])c1Cl. The molecule has 2 rings (SSSR count). The van der Waals surface area contributed by atoms with E-state index >= 15 is 0 Å². The average molecular weight is 441 g/mol. The zero-order chi connectivity index (χ0) is 19.6. The first-order valence-corrected chi connectivity index (χ1v) is 7.87. The van der Waals surface area contributed by atoms with E-state index < -0.39 is 26.5 Å². The molecule has 0 fully saturated rings. The Labute approximate surface area is 164 Å². The van der Waals surface area contributed by atoms with Crippen LogP contribution in [0.2, 0.25) is 20.1 Å². The van der Waals surface area contributed by atoms with Crippen molar-refractivity contribution in [1.82, 2.24) is 0 Å². The number of nitro benzene ring substituents is 2. The number of carbonyl (C=O) groups is 1. The molecule has 0 radical (unpaired) electrons. The number of anilines is 1. The second-order valence-corrected chi connectivity index (χ2v) is 6.21. The van der Waals surface area contributed by atoms with Crippen LogP contribution in [-0.4, -0.2) is 15.8 Å². The van der Waals surface area contributed by atoms with Gasteiger partial charge in [0, 0.05) is 23.2 Å². The van der Waals surface area contributed by atoms with E-state index in [0.717, 1.165) is 24.3 Å². The predicted octanol–water partition coefficient (Wildman–Crippen LogP) is 5.30. The summed E-state index contributed by atoms with van der Waals surface area (Å²) in [6.45, 7) is 0. The molecule has 0 atom stereocenters. The Morgan fingerprint density at radius 2 is 1.54 bits per heavy atom. The quantitative estimate of drug-likeness (QED) is 0.493. The van der Waals surface area contributed by atoms with Crippen LogP contribution in [-0.2, 0) is 4.84 Å². The Bertz CT molecular complexity index is 913. The summed E-state index contributed by atoms with van der Waals surface area (Å²) in [6.07, 6.45) is 0. The van der Waals surface area contributed by atoms with Crippen LogP contribution in [0, 0.1) is 20.2 Å². The molecule has 0 saturated heterocycles. The first-order valence-electron chi connectivity index (χ1n) is 6.36. The highest BCUT2D eigenvalue weighted by Gasteiger charge is 2.24. The predicted molar refractivity (Wildman–Crippen MR) is 95.3 cm³/mol. The van der Waals surface area contributed by atoms with Gasteiger partial charge in [0.15, 0.2) is 0 Å². The largest absolute Gasteiger partial charge is 0.364 e. The first kappa shape index (κ1) is 20.0. The summed E-state index contributed by atoms with van der Waals surface area (Å²) in [7, 11) is 0. The van der Waals surface area contributed by atoms with E-state index in [1.165, 1.54) is 0 Å². The Morgan fingerprint density at radius 1 is 0.962 bits per heavy atom. The van der Waals surface area contributed by atoms with Gasteiger partial charge in [-0.25, -0.2) is 10.3 Å². The van der Waals surface area contributed by atoms with Gasteiger partial charge in [0.05, 0.1) is 25.5 Å². The minimum Gasteiger partial charge on any atom is -0.338 e. The van der Waals surface area contributed by atoms with Gasteiger partial charge < -0.3 is 4.84 Å². The number of non-ortho nitro benzene ring substituents is 1. The van der Waals surface area contributed by atoms with Crippen LogP contribution < -0.4 is 5.48 Å². The van der Waals surface area contributed by atoms with Gasteiger partial charge >= 0.3 is 5.97 Å². The van der Waals surface area contributed by atoms with E-state index in [1.807, 2.05) is 0 Å². The van der Waals surface area contributed by atoms with E-state index in [4.69, 9.17) is 51.2 Å². The third-order valence-electron chi connectivity index (χ3n) is 2.92. The summed E-state index contributed by atoms with van der Waals surface area (Å²) in [6, 6.07) is 4.01. The molecule has 0 heterocycles. The lowest BCUT2D eigenvalue weighted by Crippen LogP contribution is -2.12. The van der Waals surface area contributed by atoms with Crippen molar-refractivity contribution >= 4 is 69.4 Å². The highest BCUT2D eigenvalue weighted by atomic mass is 35.5. The van der Waals surface area contributed by atoms with Gasteiger partial charge in [-0.1, -0.05) is 46.4 Å². The molecular formula is C13H5Cl4N3O6. The van der Waals surface area contributed by atoms with Gasteiger partial charge in [-0.15, -0.1) is 0 Å². The number of nitrogens with zero attached hydrogens (tertiary/aromatic N) is 2. The Morgan fingerprint density at radius 3 is 2.04 bits per heavy atom. The fourth-order valence-corrected chi connectivity index (χ4v) is 2.79. The van der Waals surface area contributed by atoms with Crippen LogP contribution in [0.25, 0.3) is 0 Å². The zero-order valence-electron chi connectivity index (χ0n) is 12.2. The number of rotatable bonds is 5. The summed E-state index contributed by atoms with van der Waals surface area (Å²) < 4.78 is 0. The van der Waals surface area contributed by atoms with Crippen molar-refractivity contribution in [3.05, 3.63) is 70.1 Å². The summed E-state index contributed by atoms with van der Waals surface area (Å²) in [5, 5.41) is 20.7. The minimum atomic E-state index is -1.12. The summed E-state index contributed by atoms with van der Waals surface area (Å²) in [4.78, 5) is 37.0. The molecule has 1 N–H and O–H groups in total. The van der Waals surface area contributed by atoms with E-state index in [2.05, 4.69) is 5.48 Å². The molecule has 0 spiro atoms. The highest BCUT2D eigenvalue weighted by Crippen LogP contribution is 2.36. The second-order valence-electron chi connectivity index (χ2n) is 4.58. The Hall–Kier alpha value is -2.33. The molecule has 0 aromatic heterocycles. The highest BCUT2D eigenvalue weighted by molar-refractivity contribution is 6.39. The number of hydrogen-bond donors (Lipinski definition) is 1. The van der Waals surface area contributed by atoms with Crippen LogP contribution in [0.4, 0.5) is 17.1 Å². The number of carbonyl (C=O) groups excluding carboxylic acids is 1. The van der Waals surface area contributed by atoms with Crippen molar-refractivity contribution in [3.63, 3.8) is 0 Å². The van der Waals surface area contributed by atoms with Gasteiger partial charge in [0.2, 0.25) is 0 Å². The van der Waals surface area contributed by atoms with Crippen LogP contribution in [0.3, 0.4) is 0 Å². The average Bonchev–Trinajstić information content (AvgIpc) is 2.55. The lowest BCUT2D eigenvalue weighted by Gasteiger charge is -2.11. The van der Waals surface area contributed by atoms with E-state index in [1.54, 1.807) is 0 Å². The lowest BCUT2D eigenvalue weighted by atomic mass is 10.2. The number of nitro groups is 2. The molecule has 9 nitrogen and oxygen atoms in total. The molecule has 13 heteroatoms. The lowest BCUT2D eigenvalue weighted by molar-refractivity contribution is -0.385. The molecule has 2 aromatic rings. The van der Waals surface area contributed by atoms with Gasteiger partial charge in [-0.3, -0.25) is 20.2 Å². The summed E-state index contributed by atoms with van der Waals surface area (Å²) >= 11 is 23.2. The molecule has 0 saturated carbocycles. The van der Waals surface area contributed by atoms with Crippen molar-refractivity contribution in [3.8, 4) is 0 Å². The number of benzene rings is 2. The molecular weight excluding hydrogens is 436 g/mol. The standard InChI is InChI=1S/C13H5Cl4N3O6/c14-5-1-7(11(17)10(2-5)20(24)25)13(21)26-18-12-8(15)3-6(19(22)23)4-9(12)16/h1-4,18H. The van der Waals surface area contributed by atoms with Crippen LogP contribution in [0.5, 0.6) is 0 Å². The van der Waals surface area contributed by atoms with Crippen molar-refractivity contribution < 1.29 is 19.5 Å². The topological polar surface area (TPSA) is 125 Å². The maximum atomic E-state index is 12.1. The zero-order valence-corrected chi connectivity index (χ0v) is 15.2. The van der Waals surface area contributed by atoms with Crippen molar-refractivity contribution in [2.24, 2.45) is 0 Å². The molecule has 0 bridgehead atoms. The monoisotopic (exact) mass is 439 g/mol. The van der Waals surface area contributed by atoms with Crippen LogP contribution in [0.15, 0.2) is 24.3 Å². The second kappa shape index (κ2) is 7.92. The van der Waals surface area contributed by atoms with E-state index in [9.17, 15) is 25.0 Å². The fourth-order valence-electron chi connectivity index (χ4n) is 1.77. The maximum Gasteiger partial charge on any atom is 0.364 e. The van der Waals surface area contributed by atoms with Crippen molar-refractivity contribution in [2.45, 2.75) is 0 Å². The number of nitrogens with one attached hydrogen (secondary N) is 1. The molecule has 136 valence electrons. The molecule has 0 amide bonds. The molecule has 0 aliphatic carbocycles. The summed E-state index contributed by atoms with van der Waals surface area (Å²) in [5.41, 5.74) is 0.671. The normalized spacial score (nSPS) is 10.3. The van der Waals surface area contributed by atoms with E-state index in [0.29, 0.717) is 0 Å². The molecule has 0 aliphatic heterocycles. The smallest absolute Gasteiger partial charge is 0.338 e. The van der Waals surface area contributed by atoms with Crippen LogP contribution >= 0.6 is 46.4 Å². The van der Waals surface area contributed by atoms with Gasteiger partial charge in [-0.05, 0) is 6.07 Å². The molecule has 2 aromatic carbocycles. The Kier molecular flexibility index (Phi) is 6.09. The molecule has 0 aliphatic rings. The fraction of sp³-hybridized carbons (Fsp3) is 0. The van der Waals surface area contributed by atoms with Gasteiger partial charge in [-0.2, -0.15) is 0 Å². The molecule has 0 unspecified atom stereocenters. The first-order chi connectivity index (χ1) is 12.1. The van der Waals surface area contributed by atoms with Crippen LogP contribution in [0.1, 0.15) is 10.4 Å². The number of halogens is 4. The third-order valence-corrected chi connectivity index (χ3v) is 4.13. The maximum absolute atomic E-state index is 12.1.